The molecule has 0 unspecified atom stereocenters. The van der Waals surface area contributed by atoms with Crippen LogP contribution in [0.15, 0.2) is 77.9 Å². The van der Waals surface area contributed by atoms with Gasteiger partial charge in [0.2, 0.25) is 5.91 Å². The molecular formula is C24H23ClN2O3. The Morgan fingerprint density at radius 2 is 1.80 bits per heavy atom. The Bertz CT molecular complexity index is 1000. The third-order valence-electron chi connectivity index (χ3n) is 4.19. The maximum atomic E-state index is 12.1. The molecule has 3 rings (SSSR count). The summed E-state index contributed by atoms with van der Waals surface area (Å²) in [6.07, 6.45) is 1.81. The number of hydrazone groups is 1. The molecule has 3 aromatic rings. The zero-order valence-electron chi connectivity index (χ0n) is 16.7. The minimum atomic E-state index is -0.201. The predicted molar refractivity (Wildman–Crippen MR) is 119 cm³/mol. The molecule has 0 heterocycles. The zero-order chi connectivity index (χ0) is 21.2. The number of halogens is 1. The molecule has 3 aromatic carbocycles. The normalized spacial score (nSPS) is 10.7. The van der Waals surface area contributed by atoms with Crippen molar-refractivity contribution in [3.8, 4) is 11.5 Å². The molecule has 1 N–H and O–H groups in total. The van der Waals surface area contributed by atoms with Gasteiger partial charge in [0.1, 0.15) is 18.1 Å². The maximum absolute atomic E-state index is 12.1. The number of carbonyl (C=O) groups excluding carboxylic acids is 1. The number of rotatable bonds is 9. The first-order valence-electron chi connectivity index (χ1n) is 9.64. The average Bonchev–Trinajstić information content (AvgIpc) is 2.75. The SMILES string of the molecule is CCOc1ccc(CC(=O)N/N=C/c2ccccc2OCc2cccc(Cl)c2)cc1. The Labute approximate surface area is 181 Å². The van der Waals surface area contributed by atoms with Crippen LogP contribution in [0, 0.1) is 0 Å². The molecule has 0 radical (unpaired) electrons. The molecule has 0 bridgehead atoms. The Balaban J connectivity index is 1.54. The third-order valence-corrected chi connectivity index (χ3v) is 4.43. The second-order valence-electron chi connectivity index (χ2n) is 6.50. The maximum Gasteiger partial charge on any atom is 0.244 e. The molecule has 0 aliphatic rings. The van der Waals surface area contributed by atoms with Gasteiger partial charge in [-0.3, -0.25) is 4.79 Å². The van der Waals surface area contributed by atoms with Gasteiger partial charge in [0.05, 0.1) is 19.2 Å². The molecule has 1 amide bonds. The summed E-state index contributed by atoms with van der Waals surface area (Å²) >= 11 is 6.01. The lowest BCUT2D eigenvalue weighted by molar-refractivity contribution is -0.120. The van der Waals surface area contributed by atoms with Gasteiger partial charge in [-0.25, -0.2) is 5.43 Å². The Morgan fingerprint density at radius 1 is 1.00 bits per heavy atom. The number of para-hydroxylation sites is 1. The second kappa shape index (κ2) is 11.0. The fourth-order valence-electron chi connectivity index (χ4n) is 2.78. The van der Waals surface area contributed by atoms with Crippen molar-refractivity contribution in [3.63, 3.8) is 0 Å². The molecule has 0 aliphatic carbocycles. The molecule has 0 aromatic heterocycles. The van der Waals surface area contributed by atoms with E-state index in [1.54, 1.807) is 6.21 Å². The molecule has 0 saturated carbocycles. The summed E-state index contributed by atoms with van der Waals surface area (Å²) in [6, 6.07) is 22.4. The van der Waals surface area contributed by atoms with E-state index in [1.165, 1.54) is 0 Å². The molecule has 30 heavy (non-hydrogen) atoms. The number of benzene rings is 3. The van der Waals surface area contributed by atoms with E-state index in [1.807, 2.05) is 79.7 Å². The van der Waals surface area contributed by atoms with E-state index >= 15 is 0 Å². The number of carbonyl (C=O) groups is 1. The molecule has 0 spiro atoms. The van der Waals surface area contributed by atoms with Gasteiger partial charge in [-0.2, -0.15) is 5.10 Å². The summed E-state index contributed by atoms with van der Waals surface area (Å²) < 4.78 is 11.3. The van der Waals surface area contributed by atoms with Crippen LogP contribution in [0.2, 0.25) is 5.02 Å². The van der Waals surface area contributed by atoms with Gasteiger partial charge in [-0.1, -0.05) is 48.0 Å². The average molecular weight is 423 g/mol. The van der Waals surface area contributed by atoms with Crippen LogP contribution < -0.4 is 14.9 Å². The summed E-state index contributed by atoms with van der Waals surface area (Å²) in [5.74, 6) is 1.25. The summed E-state index contributed by atoms with van der Waals surface area (Å²) in [4.78, 5) is 12.1. The standard InChI is InChI=1S/C24H23ClN2O3/c1-2-29-22-12-10-18(11-13-22)15-24(28)27-26-16-20-7-3-4-9-23(20)30-17-19-6-5-8-21(25)14-19/h3-14,16H,2,15,17H2,1H3,(H,27,28)/b26-16+. The van der Waals surface area contributed by atoms with Crippen LogP contribution in [-0.4, -0.2) is 18.7 Å². The topological polar surface area (TPSA) is 59.9 Å². The van der Waals surface area contributed by atoms with Gasteiger partial charge >= 0.3 is 0 Å². The van der Waals surface area contributed by atoms with E-state index in [-0.39, 0.29) is 12.3 Å². The van der Waals surface area contributed by atoms with Crippen molar-refractivity contribution < 1.29 is 14.3 Å². The van der Waals surface area contributed by atoms with Crippen LogP contribution in [0.1, 0.15) is 23.6 Å². The summed E-state index contributed by atoms with van der Waals surface area (Å²) in [5, 5.41) is 4.73. The largest absolute Gasteiger partial charge is 0.494 e. The van der Waals surface area contributed by atoms with Gasteiger partial charge in [0, 0.05) is 10.6 Å². The van der Waals surface area contributed by atoms with Crippen LogP contribution in [0.4, 0.5) is 0 Å². The molecule has 0 atom stereocenters. The van der Waals surface area contributed by atoms with Crippen LogP contribution in [0.5, 0.6) is 11.5 Å². The lowest BCUT2D eigenvalue weighted by Gasteiger charge is -2.09. The Morgan fingerprint density at radius 3 is 2.57 bits per heavy atom. The van der Waals surface area contributed by atoms with Crippen molar-refractivity contribution in [2.24, 2.45) is 5.10 Å². The molecule has 0 saturated heterocycles. The fourth-order valence-corrected chi connectivity index (χ4v) is 2.99. The summed E-state index contributed by atoms with van der Waals surface area (Å²) in [7, 11) is 0. The lowest BCUT2D eigenvalue weighted by atomic mass is 10.1. The fraction of sp³-hybridized carbons (Fsp3) is 0.167. The van der Waals surface area contributed by atoms with Crippen LogP contribution in [0.25, 0.3) is 0 Å². The molecule has 0 aliphatic heterocycles. The molecule has 6 heteroatoms. The number of hydrogen-bond donors (Lipinski definition) is 1. The highest BCUT2D eigenvalue weighted by molar-refractivity contribution is 6.30. The molecular weight excluding hydrogens is 400 g/mol. The quantitative estimate of drug-likeness (QED) is 0.389. The number of amides is 1. The number of nitrogens with zero attached hydrogens (tertiary/aromatic N) is 1. The highest BCUT2D eigenvalue weighted by Crippen LogP contribution is 2.19. The number of ether oxygens (including phenoxy) is 2. The highest BCUT2D eigenvalue weighted by Gasteiger charge is 2.04. The van der Waals surface area contributed by atoms with Gasteiger partial charge in [-0.15, -0.1) is 0 Å². The van der Waals surface area contributed by atoms with E-state index in [4.69, 9.17) is 21.1 Å². The predicted octanol–water partition coefficient (Wildman–Crippen LogP) is 5.01. The van der Waals surface area contributed by atoms with E-state index in [0.717, 1.165) is 22.4 Å². The van der Waals surface area contributed by atoms with Crippen molar-refractivity contribution >= 4 is 23.7 Å². The second-order valence-corrected chi connectivity index (χ2v) is 6.94. The van der Waals surface area contributed by atoms with E-state index in [2.05, 4.69) is 10.5 Å². The van der Waals surface area contributed by atoms with Crippen molar-refractivity contribution in [1.82, 2.24) is 5.43 Å². The monoisotopic (exact) mass is 422 g/mol. The van der Waals surface area contributed by atoms with Gasteiger partial charge in [0.25, 0.3) is 0 Å². The number of hydrogen-bond acceptors (Lipinski definition) is 4. The first-order valence-corrected chi connectivity index (χ1v) is 10.0. The molecule has 5 nitrogen and oxygen atoms in total. The minimum absolute atomic E-state index is 0.201. The van der Waals surface area contributed by atoms with Crippen LogP contribution in [0.3, 0.4) is 0 Å². The van der Waals surface area contributed by atoms with Crippen LogP contribution in [-0.2, 0) is 17.8 Å². The van der Waals surface area contributed by atoms with E-state index in [0.29, 0.717) is 24.0 Å². The van der Waals surface area contributed by atoms with Crippen molar-refractivity contribution in [2.75, 3.05) is 6.61 Å². The first kappa shape index (κ1) is 21.4. The summed E-state index contributed by atoms with van der Waals surface area (Å²) in [5.41, 5.74) is 5.17. The molecule has 154 valence electrons. The van der Waals surface area contributed by atoms with Gasteiger partial charge < -0.3 is 9.47 Å². The third kappa shape index (κ3) is 6.64. The van der Waals surface area contributed by atoms with Gasteiger partial charge in [0.15, 0.2) is 0 Å². The zero-order valence-corrected chi connectivity index (χ0v) is 17.4. The Kier molecular flexibility index (Phi) is 7.86. The van der Waals surface area contributed by atoms with E-state index < -0.39 is 0 Å². The van der Waals surface area contributed by atoms with Gasteiger partial charge in [-0.05, 0) is 54.4 Å². The summed E-state index contributed by atoms with van der Waals surface area (Å²) in [6.45, 7) is 2.92. The minimum Gasteiger partial charge on any atom is -0.494 e. The first-order chi connectivity index (χ1) is 14.6. The van der Waals surface area contributed by atoms with Crippen LogP contribution >= 0.6 is 11.6 Å². The van der Waals surface area contributed by atoms with Crippen molar-refractivity contribution in [1.29, 1.82) is 0 Å². The smallest absolute Gasteiger partial charge is 0.244 e. The Hall–Kier alpha value is -3.31. The molecule has 0 fully saturated rings. The highest BCUT2D eigenvalue weighted by atomic mass is 35.5. The lowest BCUT2D eigenvalue weighted by Crippen LogP contribution is -2.19. The van der Waals surface area contributed by atoms with Crippen molar-refractivity contribution in [2.45, 2.75) is 20.0 Å². The van der Waals surface area contributed by atoms with Crippen molar-refractivity contribution in [3.05, 3.63) is 94.5 Å². The van der Waals surface area contributed by atoms with E-state index in [9.17, 15) is 4.79 Å². The number of nitrogens with one attached hydrogen (secondary N) is 1.